The van der Waals surface area contributed by atoms with Gasteiger partial charge in [-0.1, -0.05) is 0 Å². The number of carbonyl (C=O) groups excluding carboxylic acids is 1. The van der Waals surface area contributed by atoms with Gasteiger partial charge in [-0.15, -0.1) is 6.26 Å². The van der Waals surface area contributed by atoms with Gasteiger partial charge in [0.2, 0.25) is 0 Å². The van der Waals surface area contributed by atoms with Gasteiger partial charge in [0, 0.05) is 0 Å². The molecular formula is C5H7KO2. The van der Waals surface area contributed by atoms with Gasteiger partial charge in [-0.05, 0) is 19.4 Å². The molecule has 0 radical (unpaired) electrons. The van der Waals surface area contributed by atoms with Crippen LogP contribution >= 0.6 is 0 Å². The third-order valence-electron chi connectivity index (χ3n) is 0.732. The van der Waals surface area contributed by atoms with Crippen LogP contribution < -0.4 is 56.5 Å². The Morgan fingerprint density at radius 2 is 1.88 bits per heavy atom. The van der Waals surface area contributed by atoms with Crippen molar-refractivity contribution in [2.24, 2.45) is 0 Å². The zero-order valence-electron chi connectivity index (χ0n) is 5.39. The molecule has 0 amide bonds. The molecular weight excluding hydrogens is 131 g/mol. The smallest absolute Gasteiger partial charge is 0.878 e. The summed E-state index contributed by atoms with van der Waals surface area (Å²) in [7, 11) is 0. The second kappa shape index (κ2) is 5.97. The predicted molar refractivity (Wildman–Crippen MR) is 24.4 cm³/mol. The van der Waals surface area contributed by atoms with E-state index in [1.165, 1.54) is 13.8 Å². The van der Waals surface area contributed by atoms with E-state index in [1.54, 1.807) is 0 Å². The standard InChI is InChI=1S/C5H8O2.K/c1-4(3-6)5(2)7;/h3,6H,1-2H3;/q;+1/p-1/b4-3+;. The average Bonchev–Trinajstić information content (AvgIpc) is 1.65. The molecule has 8 heavy (non-hydrogen) atoms. The van der Waals surface area contributed by atoms with E-state index in [1.807, 2.05) is 0 Å². The number of allylic oxidation sites excluding steroid dienone is 1. The Hall–Kier alpha value is 0.846. The summed E-state index contributed by atoms with van der Waals surface area (Å²) >= 11 is 0. The SMILES string of the molecule is CC(=O)/C(C)=C/[O-].[K+]. The molecule has 0 fully saturated rings. The fraction of sp³-hybridized carbons (Fsp3) is 0.400. The Morgan fingerprint density at radius 1 is 1.50 bits per heavy atom. The normalized spacial score (nSPS) is 10.0. The van der Waals surface area contributed by atoms with E-state index in [0.717, 1.165) is 0 Å². The van der Waals surface area contributed by atoms with Gasteiger partial charge in [0.15, 0.2) is 5.78 Å². The fourth-order valence-electron chi connectivity index (χ4n) is 0.0830. The number of hydrogen-bond donors (Lipinski definition) is 0. The summed E-state index contributed by atoms with van der Waals surface area (Å²) in [5.74, 6) is -0.157. The quantitative estimate of drug-likeness (QED) is 0.218. The molecule has 0 aromatic heterocycles. The Bertz CT molecular complexity index is 107. The summed E-state index contributed by atoms with van der Waals surface area (Å²) < 4.78 is 0. The van der Waals surface area contributed by atoms with Crippen molar-refractivity contribution in [3.63, 3.8) is 0 Å². The van der Waals surface area contributed by atoms with Crippen molar-refractivity contribution < 1.29 is 61.3 Å². The minimum Gasteiger partial charge on any atom is -0.878 e. The monoisotopic (exact) mass is 138 g/mol. The number of ketones is 1. The van der Waals surface area contributed by atoms with Crippen molar-refractivity contribution in [3.8, 4) is 0 Å². The van der Waals surface area contributed by atoms with Gasteiger partial charge < -0.3 is 5.11 Å². The fourth-order valence-corrected chi connectivity index (χ4v) is 0.0830. The van der Waals surface area contributed by atoms with Crippen LogP contribution in [0.25, 0.3) is 0 Å². The number of carbonyl (C=O) groups is 1. The van der Waals surface area contributed by atoms with Gasteiger partial charge in [0.25, 0.3) is 0 Å². The summed E-state index contributed by atoms with van der Waals surface area (Å²) in [6, 6.07) is 0. The van der Waals surface area contributed by atoms with Crippen molar-refractivity contribution in [1.82, 2.24) is 0 Å². The summed E-state index contributed by atoms with van der Waals surface area (Å²) in [6.45, 7) is 2.86. The first-order chi connectivity index (χ1) is 3.18. The van der Waals surface area contributed by atoms with E-state index in [2.05, 4.69) is 0 Å². The zero-order valence-corrected chi connectivity index (χ0v) is 8.52. The van der Waals surface area contributed by atoms with Gasteiger partial charge in [-0.25, -0.2) is 0 Å². The molecule has 0 N–H and O–H groups in total. The van der Waals surface area contributed by atoms with Crippen LogP contribution in [0.1, 0.15) is 13.8 Å². The minimum absolute atomic E-state index is 0. The molecule has 0 spiro atoms. The maximum Gasteiger partial charge on any atom is 1.00 e. The molecule has 0 aromatic rings. The minimum atomic E-state index is -0.157. The van der Waals surface area contributed by atoms with Crippen molar-refractivity contribution in [3.05, 3.63) is 11.8 Å². The van der Waals surface area contributed by atoms with E-state index < -0.39 is 0 Å². The molecule has 0 rings (SSSR count). The molecule has 3 heteroatoms. The van der Waals surface area contributed by atoms with Crippen molar-refractivity contribution in [2.45, 2.75) is 13.8 Å². The summed E-state index contributed by atoms with van der Waals surface area (Å²) in [6.07, 6.45) is 0.558. The molecule has 0 aliphatic carbocycles. The molecule has 0 saturated heterocycles. The first-order valence-corrected chi connectivity index (χ1v) is 1.98. The van der Waals surface area contributed by atoms with Crippen LogP contribution in [0.4, 0.5) is 0 Å². The van der Waals surface area contributed by atoms with E-state index in [0.29, 0.717) is 6.26 Å². The molecule has 0 aromatic carbocycles. The first kappa shape index (κ1) is 11.6. The average molecular weight is 138 g/mol. The number of Topliss-reactive ketones (excluding diaryl/α,β-unsaturated/α-hetero) is 1. The Balaban J connectivity index is 0. The van der Waals surface area contributed by atoms with Crippen molar-refractivity contribution >= 4 is 5.78 Å². The molecule has 40 valence electrons. The largest absolute Gasteiger partial charge is 1.00 e. The molecule has 0 bridgehead atoms. The third kappa shape index (κ3) is 4.99. The van der Waals surface area contributed by atoms with Gasteiger partial charge in [0.05, 0.1) is 0 Å². The maximum absolute atomic E-state index is 10.1. The first-order valence-electron chi connectivity index (χ1n) is 1.98. The van der Waals surface area contributed by atoms with Crippen LogP contribution in [-0.2, 0) is 4.79 Å². The van der Waals surface area contributed by atoms with E-state index in [4.69, 9.17) is 0 Å². The predicted octanol–water partition coefficient (Wildman–Crippen LogP) is -3.16. The van der Waals surface area contributed by atoms with Crippen LogP contribution in [0.3, 0.4) is 0 Å². The summed E-state index contributed by atoms with van der Waals surface area (Å²) in [4.78, 5) is 10.1. The molecule has 0 atom stereocenters. The van der Waals surface area contributed by atoms with Gasteiger partial charge in [0.1, 0.15) is 0 Å². The van der Waals surface area contributed by atoms with Crippen LogP contribution in [-0.4, -0.2) is 5.78 Å². The molecule has 0 aliphatic heterocycles. The van der Waals surface area contributed by atoms with E-state index >= 15 is 0 Å². The summed E-state index contributed by atoms with van der Waals surface area (Å²) in [5, 5.41) is 9.69. The topological polar surface area (TPSA) is 40.1 Å². The summed E-state index contributed by atoms with van der Waals surface area (Å²) in [5.41, 5.74) is 0.278. The Labute approximate surface area is 91.4 Å². The number of hydrogen-bond acceptors (Lipinski definition) is 2. The van der Waals surface area contributed by atoms with Crippen LogP contribution in [0, 0.1) is 0 Å². The Kier molecular flexibility index (Phi) is 8.68. The van der Waals surface area contributed by atoms with Gasteiger partial charge >= 0.3 is 51.4 Å². The Morgan fingerprint density at radius 3 is 1.88 bits per heavy atom. The van der Waals surface area contributed by atoms with E-state index in [-0.39, 0.29) is 62.7 Å². The number of rotatable bonds is 1. The maximum atomic E-state index is 10.1. The van der Waals surface area contributed by atoms with Crippen molar-refractivity contribution in [2.75, 3.05) is 0 Å². The third-order valence-corrected chi connectivity index (χ3v) is 0.732. The van der Waals surface area contributed by atoms with Gasteiger partial charge in [-0.3, -0.25) is 4.79 Å². The van der Waals surface area contributed by atoms with Crippen LogP contribution in [0.2, 0.25) is 0 Å². The van der Waals surface area contributed by atoms with Crippen LogP contribution in [0.15, 0.2) is 11.8 Å². The van der Waals surface area contributed by atoms with Gasteiger partial charge in [-0.2, -0.15) is 0 Å². The molecule has 0 unspecified atom stereocenters. The second-order valence-electron chi connectivity index (χ2n) is 1.36. The zero-order chi connectivity index (χ0) is 5.86. The van der Waals surface area contributed by atoms with Crippen molar-refractivity contribution in [1.29, 1.82) is 0 Å². The van der Waals surface area contributed by atoms with Crippen LogP contribution in [0.5, 0.6) is 0 Å². The molecule has 0 aliphatic rings. The van der Waals surface area contributed by atoms with E-state index in [9.17, 15) is 9.90 Å². The molecule has 0 saturated carbocycles. The second-order valence-corrected chi connectivity index (χ2v) is 1.36. The molecule has 2 nitrogen and oxygen atoms in total. The molecule has 0 heterocycles.